The van der Waals surface area contributed by atoms with Crippen LogP contribution in [0, 0.1) is 0 Å². The Labute approximate surface area is 111 Å². The first-order chi connectivity index (χ1) is 8.39. The van der Waals surface area contributed by atoms with Gasteiger partial charge in [-0.05, 0) is 26.7 Å². The molecule has 0 bridgehead atoms. The van der Waals surface area contributed by atoms with Crippen LogP contribution in [0.15, 0.2) is 0 Å². The Kier molecular flexibility index (Phi) is 6.59. The van der Waals surface area contributed by atoms with Gasteiger partial charge < -0.3 is 20.7 Å². The molecule has 0 aromatic rings. The molecule has 0 saturated carbocycles. The zero-order valence-corrected chi connectivity index (χ0v) is 11.8. The summed E-state index contributed by atoms with van der Waals surface area (Å²) in [6.07, 6.45) is 3.17. The van der Waals surface area contributed by atoms with E-state index in [1.165, 1.54) is 0 Å². The summed E-state index contributed by atoms with van der Waals surface area (Å²) in [4.78, 5) is 4.77. The van der Waals surface area contributed by atoms with Crippen molar-refractivity contribution in [1.29, 1.82) is 0 Å². The molecule has 4 N–H and O–H groups in total. The van der Waals surface area contributed by atoms with Crippen LogP contribution in [0.25, 0.3) is 0 Å². The topological polar surface area (TPSA) is 73.0 Å². The van der Waals surface area contributed by atoms with E-state index < -0.39 is 7.12 Å². The summed E-state index contributed by atoms with van der Waals surface area (Å²) in [5.74, 6) is 0. The first kappa shape index (κ1) is 15.9. The fraction of sp³-hybridized carbons (Fsp3) is 1.00. The second kappa shape index (κ2) is 7.45. The van der Waals surface area contributed by atoms with Crippen LogP contribution in [0.5, 0.6) is 0 Å². The van der Waals surface area contributed by atoms with Crippen LogP contribution < -0.4 is 5.73 Å². The van der Waals surface area contributed by atoms with Crippen molar-refractivity contribution in [2.45, 2.75) is 38.0 Å². The third kappa shape index (κ3) is 6.71. The lowest BCUT2D eigenvalue weighted by molar-refractivity contribution is 0.127. The molecular weight excluding hydrogens is 229 g/mol. The monoisotopic (exact) mass is 257 g/mol. The normalized spacial score (nSPS) is 21.8. The molecule has 0 aromatic carbocycles. The Balaban J connectivity index is 2.18. The Hall–Kier alpha value is -0.135. The number of hydrogen-bond acceptors (Lipinski definition) is 5. The summed E-state index contributed by atoms with van der Waals surface area (Å²) in [6.45, 7) is 7.46. The van der Waals surface area contributed by atoms with Crippen LogP contribution in [0.4, 0.5) is 0 Å². The molecule has 1 fully saturated rings. The van der Waals surface area contributed by atoms with E-state index >= 15 is 0 Å². The number of likely N-dealkylation sites (N-methyl/N-ethyl adjacent to an activating group) is 1. The Morgan fingerprint density at radius 1 is 1.17 bits per heavy atom. The third-order valence-corrected chi connectivity index (χ3v) is 3.64. The summed E-state index contributed by atoms with van der Waals surface area (Å²) < 4.78 is 0. The van der Waals surface area contributed by atoms with Crippen molar-refractivity contribution in [2.24, 2.45) is 5.73 Å². The van der Waals surface area contributed by atoms with E-state index in [-0.39, 0.29) is 5.54 Å². The van der Waals surface area contributed by atoms with Gasteiger partial charge in [-0.1, -0.05) is 12.8 Å². The van der Waals surface area contributed by atoms with Gasteiger partial charge in [-0.25, -0.2) is 0 Å². The maximum atomic E-state index is 8.78. The van der Waals surface area contributed by atoms with Gasteiger partial charge in [0.05, 0.1) is 0 Å². The van der Waals surface area contributed by atoms with Crippen molar-refractivity contribution >= 4 is 7.12 Å². The highest BCUT2D eigenvalue weighted by Crippen LogP contribution is 2.15. The number of nitrogens with zero attached hydrogens (tertiary/aromatic N) is 2. The maximum Gasteiger partial charge on any atom is 0.451 e. The van der Waals surface area contributed by atoms with Crippen LogP contribution in [-0.4, -0.2) is 72.3 Å². The molecule has 1 aliphatic rings. The number of piperazine rings is 1. The lowest BCUT2D eigenvalue weighted by atomic mass is 9.82. The molecule has 106 valence electrons. The minimum Gasteiger partial charge on any atom is -0.427 e. The number of rotatable bonds is 7. The molecule has 1 aliphatic heterocycles. The standard InChI is InChI=1S/C12H28BN3O2/c1-12(14,5-3-4-6-13(17)18)11-16-9-7-15(2)8-10-16/h17-18H,3-11,14H2,1-2H3. The van der Waals surface area contributed by atoms with E-state index in [0.717, 1.165) is 52.0 Å². The predicted octanol–water partition coefficient (Wildman–Crippen LogP) is -0.406. The van der Waals surface area contributed by atoms with Gasteiger partial charge in [0, 0.05) is 38.3 Å². The molecule has 1 rings (SSSR count). The molecule has 1 atom stereocenters. The van der Waals surface area contributed by atoms with Gasteiger partial charge in [-0.15, -0.1) is 0 Å². The molecule has 18 heavy (non-hydrogen) atoms. The average molecular weight is 257 g/mol. The molecule has 0 amide bonds. The van der Waals surface area contributed by atoms with E-state index in [1.807, 2.05) is 0 Å². The summed E-state index contributed by atoms with van der Waals surface area (Å²) in [5, 5.41) is 17.6. The first-order valence-electron chi connectivity index (χ1n) is 6.95. The number of nitrogens with two attached hydrogens (primary N) is 1. The van der Waals surface area contributed by atoms with Crippen LogP contribution in [0.1, 0.15) is 26.2 Å². The highest BCUT2D eigenvalue weighted by Gasteiger charge is 2.24. The minimum atomic E-state index is -1.17. The average Bonchev–Trinajstić information content (AvgIpc) is 2.27. The Morgan fingerprint density at radius 3 is 2.33 bits per heavy atom. The largest absolute Gasteiger partial charge is 0.451 e. The van der Waals surface area contributed by atoms with Gasteiger partial charge in [-0.2, -0.15) is 0 Å². The molecule has 1 unspecified atom stereocenters. The highest BCUT2D eigenvalue weighted by atomic mass is 16.4. The van der Waals surface area contributed by atoms with Gasteiger partial charge in [0.2, 0.25) is 0 Å². The van der Waals surface area contributed by atoms with Crippen molar-refractivity contribution < 1.29 is 10.0 Å². The predicted molar refractivity (Wildman–Crippen MR) is 75.4 cm³/mol. The molecule has 5 nitrogen and oxygen atoms in total. The fourth-order valence-corrected chi connectivity index (χ4v) is 2.45. The summed E-state index contributed by atoms with van der Waals surface area (Å²) in [7, 11) is 0.978. The van der Waals surface area contributed by atoms with E-state index in [1.54, 1.807) is 0 Å². The molecule has 1 heterocycles. The molecule has 0 spiro atoms. The van der Waals surface area contributed by atoms with Gasteiger partial charge in [-0.3, -0.25) is 4.90 Å². The van der Waals surface area contributed by atoms with Crippen molar-refractivity contribution in [3.8, 4) is 0 Å². The summed E-state index contributed by atoms with van der Waals surface area (Å²) in [5.41, 5.74) is 6.15. The van der Waals surface area contributed by atoms with Crippen molar-refractivity contribution in [3.63, 3.8) is 0 Å². The smallest absolute Gasteiger partial charge is 0.427 e. The minimum absolute atomic E-state index is 0.170. The van der Waals surface area contributed by atoms with E-state index in [2.05, 4.69) is 23.8 Å². The molecule has 6 heteroatoms. The highest BCUT2D eigenvalue weighted by molar-refractivity contribution is 6.40. The summed E-state index contributed by atoms with van der Waals surface area (Å²) in [6, 6.07) is 0. The molecular formula is C12H28BN3O2. The quantitative estimate of drug-likeness (QED) is 0.427. The second-order valence-corrected chi connectivity index (χ2v) is 5.96. The molecule has 0 radical (unpaired) electrons. The SMILES string of the molecule is CN1CCN(CC(C)(N)CCCCB(O)O)CC1. The zero-order valence-electron chi connectivity index (χ0n) is 11.8. The Morgan fingerprint density at radius 2 is 1.78 bits per heavy atom. The van der Waals surface area contributed by atoms with Crippen LogP contribution >= 0.6 is 0 Å². The van der Waals surface area contributed by atoms with E-state index in [0.29, 0.717) is 6.32 Å². The first-order valence-corrected chi connectivity index (χ1v) is 6.95. The van der Waals surface area contributed by atoms with Gasteiger partial charge in [0.15, 0.2) is 0 Å². The number of hydrogen-bond donors (Lipinski definition) is 3. The molecule has 0 aromatic heterocycles. The van der Waals surface area contributed by atoms with Gasteiger partial charge >= 0.3 is 7.12 Å². The number of unbranched alkanes of at least 4 members (excludes halogenated alkanes) is 1. The summed E-state index contributed by atoms with van der Waals surface area (Å²) >= 11 is 0. The third-order valence-electron chi connectivity index (χ3n) is 3.64. The fourth-order valence-electron chi connectivity index (χ4n) is 2.45. The van der Waals surface area contributed by atoms with Gasteiger partial charge in [0.1, 0.15) is 0 Å². The zero-order chi connectivity index (χ0) is 13.6. The molecule has 1 saturated heterocycles. The van der Waals surface area contributed by atoms with Gasteiger partial charge in [0.25, 0.3) is 0 Å². The van der Waals surface area contributed by atoms with Crippen molar-refractivity contribution in [1.82, 2.24) is 9.80 Å². The van der Waals surface area contributed by atoms with Crippen molar-refractivity contribution in [3.05, 3.63) is 0 Å². The second-order valence-electron chi connectivity index (χ2n) is 5.96. The van der Waals surface area contributed by atoms with Crippen LogP contribution in [-0.2, 0) is 0 Å². The maximum absolute atomic E-state index is 8.78. The van der Waals surface area contributed by atoms with E-state index in [9.17, 15) is 0 Å². The molecule has 0 aliphatic carbocycles. The van der Waals surface area contributed by atoms with Crippen molar-refractivity contribution in [2.75, 3.05) is 39.8 Å². The van der Waals surface area contributed by atoms with Crippen LogP contribution in [0.2, 0.25) is 6.32 Å². The van der Waals surface area contributed by atoms with E-state index in [4.69, 9.17) is 15.8 Å². The lowest BCUT2D eigenvalue weighted by Gasteiger charge is -2.37. The van der Waals surface area contributed by atoms with Crippen LogP contribution in [0.3, 0.4) is 0 Å². The Bertz CT molecular complexity index is 231. The lowest BCUT2D eigenvalue weighted by Crippen LogP contribution is -2.53.